The third kappa shape index (κ3) is 4.26. The molecule has 3 heterocycles. The summed E-state index contributed by atoms with van der Waals surface area (Å²) >= 11 is 0. The molecule has 2 aromatic rings. The van der Waals surface area contributed by atoms with E-state index in [-0.39, 0.29) is 17.9 Å². The summed E-state index contributed by atoms with van der Waals surface area (Å²) < 4.78 is 5.04. The molecule has 0 saturated carbocycles. The highest BCUT2D eigenvalue weighted by Crippen LogP contribution is 2.22. The van der Waals surface area contributed by atoms with Gasteiger partial charge in [0.1, 0.15) is 0 Å². The average Bonchev–Trinajstić information content (AvgIpc) is 3.04. The lowest BCUT2D eigenvalue weighted by molar-refractivity contribution is 0.0927. The lowest BCUT2D eigenvalue weighted by Gasteiger charge is -2.22. The number of ether oxygens (including phenoxy) is 1. The zero-order valence-corrected chi connectivity index (χ0v) is 15.3. The van der Waals surface area contributed by atoms with Gasteiger partial charge >= 0.3 is 0 Å². The number of amides is 1. The minimum Gasteiger partial charge on any atom is -0.481 e. The number of methoxy groups -OCH3 is 1. The van der Waals surface area contributed by atoms with Crippen LogP contribution in [0.2, 0.25) is 0 Å². The number of nitrogens with one attached hydrogen (secondary N) is 1. The molecule has 0 radical (unpaired) electrons. The average molecular weight is 356 g/mol. The molecule has 0 aliphatic carbocycles. The summed E-state index contributed by atoms with van der Waals surface area (Å²) in [4.78, 5) is 29.6. The third-order valence-corrected chi connectivity index (χ3v) is 4.40. The predicted molar refractivity (Wildman–Crippen MR) is 98.3 cm³/mol. The van der Waals surface area contributed by atoms with E-state index in [2.05, 4.69) is 30.1 Å². The number of rotatable bonds is 6. The minimum absolute atomic E-state index is 0.0100. The molecule has 8 nitrogen and oxygen atoms in total. The lowest BCUT2D eigenvalue weighted by Crippen LogP contribution is -2.43. The summed E-state index contributed by atoms with van der Waals surface area (Å²) in [5.41, 5.74) is 0.517. The smallest absolute Gasteiger partial charge is 0.253 e. The summed E-state index contributed by atoms with van der Waals surface area (Å²) in [5, 5.41) is 3.14. The maximum absolute atomic E-state index is 12.6. The van der Waals surface area contributed by atoms with E-state index in [9.17, 15) is 4.79 Å². The van der Waals surface area contributed by atoms with E-state index in [4.69, 9.17) is 4.74 Å². The van der Waals surface area contributed by atoms with Crippen molar-refractivity contribution >= 4 is 11.9 Å². The summed E-state index contributed by atoms with van der Waals surface area (Å²) in [5.74, 6) is 1.33. The van der Waals surface area contributed by atoms with Crippen LogP contribution in [0.25, 0.3) is 0 Å². The zero-order chi connectivity index (χ0) is 18.5. The van der Waals surface area contributed by atoms with Crippen LogP contribution >= 0.6 is 0 Å². The van der Waals surface area contributed by atoms with E-state index in [1.165, 1.54) is 6.20 Å². The van der Waals surface area contributed by atoms with Gasteiger partial charge in [-0.3, -0.25) is 4.79 Å². The van der Waals surface area contributed by atoms with Gasteiger partial charge in [0.15, 0.2) is 0 Å². The van der Waals surface area contributed by atoms with E-state index in [1.54, 1.807) is 37.7 Å². The Hall–Kier alpha value is -2.74. The van der Waals surface area contributed by atoms with Crippen molar-refractivity contribution in [3.05, 3.63) is 42.4 Å². The fourth-order valence-corrected chi connectivity index (χ4v) is 3.19. The first-order chi connectivity index (χ1) is 12.6. The van der Waals surface area contributed by atoms with Crippen molar-refractivity contribution in [2.24, 2.45) is 5.92 Å². The van der Waals surface area contributed by atoms with E-state index in [1.807, 2.05) is 14.1 Å². The number of nitrogens with zero attached hydrogens (tertiary/aromatic N) is 5. The Morgan fingerprint density at radius 1 is 1.27 bits per heavy atom. The molecule has 1 saturated heterocycles. The van der Waals surface area contributed by atoms with Gasteiger partial charge in [-0.05, 0) is 26.2 Å². The minimum atomic E-state index is -0.135. The molecule has 1 fully saturated rings. The number of hydrogen-bond acceptors (Lipinski definition) is 7. The molecule has 138 valence electrons. The first-order valence-corrected chi connectivity index (χ1v) is 8.54. The molecule has 8 heteroatoms. The molecule has 2 aromatic heterocycles. The standard InChI is InChI=1S/C18H24N6O2/c1-23(2)10-14-11-24(18-19-7-4-8-20-18)12-15(14)22-17(25)13-5-6-16(26-3)21-9-13/h4-9,14-15H,10-12H2,1-3H3,(H,22,25)/t14-,15-/m1/s1. The maximum Gasteiger partial charge on any atom is 0.253 e. The zero-order valence-electron chi connectivity index (χ0n) is 15.3. The Morgan fingerprint density at radius 2 is 2.04 bits per heavy atom. The van der Waals surface area contributed by atoms with Gasteiger partial charge in [0.2, 0.25) is 11.8 Å². The van der Waals surface area contributed by atoms with Crippen LogP contribution in [0.4, 0.5) is 5.95 Å². The third-order valence-electron chi connectivity index (χ3n) is 4.40. The summed E-state index contributed by atoms with van der Waals surface area (Å²) in [6.07, 6.45) is 5.00. The molecule has 26 heavy (non-hydrogen) atoms. The van der Waals surface area contributed by atoms with Crippen molar-refractivity contribution in [1.29, 1.82) is 0 Å². The Morgan fingerprint density at radius 3 is 2.65 bits per heavy atom. The number of aromatic nitrogens is 3. The molecule has 0 spiro atoms. The van der Waals surface area contributed by atoms with Gasteiger partial charge in [0.25, 0.3) is 5.91 Å². The maximum atomic E-state index is 12.6. The van der Waals surface area contributed by atoms with Crippen molar-refractivity contribution in [2.45, 2.75) is 6.04 Å². The fraction of sp³-hybridized carbons (Fsp3) is 0.444. The first-order valence-electron chi connectivity index (χ1n) is 8.54. The van der Waals surface area contributed by atoms with E-state index in [0.717, 1.165) is 13.1 Å². The molecule has 0 aromatic carbocycles. The predicted octanol–water partition coefficient (Wildman–Crippen LogP) is 0.677. The Labute approximate surface area is 153 Å². The number of carbonyl (C=O) groups excluding carboxylic acids is 1. The highest BCUT2D eigenvalue weighted by atomic mass is 16.5. The summed E-state index contributed by atoms with van der Waals surface area (Å²) in [6.45, 7) is 2.35. The van der Waals surface area contributed by atoms with Gasteiger partial charge in [0, 0.05) is 50.2 Å². The van der Waals surface area contributed by atoms with Crippen LogP contribution in [-0.4, -0.2) is 72.6 Å². The highest BCUT2D eigenvalue weighted by Gasteiger charge is 2.35. The molecule has 0 bridgehead atoms. The van der Waals surface area contributed by atoms with Crippen LogP contribution in [0.5, 0.6) is 5.88 Å². The topological polar surface area (TPSA) is 83.5 Å². The first kappa shape index (κ1) is 18.1. The monoisotopic (exact) mass is 356 g/mol. The normalized spacial score (nSPS) is 19.6. The molecular weight excluding hydrogens is 332 g/mol. The van der Waals surface area contributed by atoms with Crippen molar-refractivity contribution in [1.82, 2.24) is 25.2 Å². The van der Waals surface area contributed by atoms with Gasteiger partial charge in [-0.25, -0.2) is 15.0 Å². The van der Waals surface area contributed by atoms with Crippen LogP contribution in [0, 0.1) is 5.92 Å². The Bertz CT molecular complexity index is 722. The van der Waals surface area contributed by atoms with E-state index in [0.29, 0.717) is 23.9 Å². The van der Waals surface area contributed by atoms with Crippen molar-refractivity contribution in [3.8, 4) is 5.88 Å². The van der Waals surface area contributed by atoms with Crippen LogP contribution in [0.1, 0.15) is 10.4 Å². The summed E-state index contributed by atoms with van der Waals surface area (Å²) in [7, 11) is 5.62. The van der Waals surface area contributed by atoms with E-state index >= 15 is 0 Å². The quantitative estimate of drug-likeness (QED) is 0.815. The molecule has 1 aliphatic heterocycles. The highest BCUT2D eigenvalue weighted by molar-refractivity contribution is 5.94. The number of pyridine rings is 1. The second-order valence-electron chi connectivity index (χ2n) is 6.65. The number of anilines is 1. The van der Waals surface area contributed by atoms with E-state index < -0.39 is 0 Å². The largest absolute Gasteiger partial charge is 0.481 e. The number of carbonyl (C=O) groups is 1. The SMILES string of the molecule is COc1ccc(C(=O)N[C@@H]2CN(c3ncccn3)C[C@H]2CN(C)C)cn1. The molecule has 1 amide bonds. The fourth-order valence-electron chi connectivity index (χ4n) is 3.19. The van der Waals surface area contributed by atoms with Crippen LogP contribution in [0.3, 0.4) is 0 Å². The molecule has 1 aliphatic rings. The van der Waals surface area contributed by atoms with Gasteiger partial charge in [0.05, 0.1) is 18.7 Å². The Balaban J connectivity index is 1.71. The van der Waals surface area contributed by atoms with Gasteiger partial charge in [-0.2, -0.15) is 0 Å². The van der Waals surface area contributed by atoms with Crippen molar-refractivity contribution < 1.29 is 9.53 Å². The van der Waals surface area contributed by atoms with Gasteiger partial charge in [-0.1, -0.05) is 0 Å². The second-order valence-corrected chi connectivity index (χ2v) is 6.65. The molecule has 2 atom stereocenters. The Kier molecular flexibility index (Phi) is 5.62. The lowest BCUT2D eigenvalue weighted by atomic mass is 10.0. The molecular formula is C18H24N6O2. The van der Waals surface area contributed by atoms with Crippen molar-refractivity contribution in [2.75, 3.05) is 45.7 Å². The molecule has 0 unspecified atom stereocenters. The van der Waals surface area contributed by atoms with Gasteiger partial charge < -0.3 is 19.9 Å². The van der Waals surface area contributed by atoms with Gasteiger partial charge in [-0.15, -0.1) is 0 Å². The number of hydrogen-bond donors (Lipinski definition) is 1. The van der Waals surface area contributed by atoms with Crippen LogP contribution in [-0.2, 0) is 0 Å². The van der Waals surface area contributed by atoms with Crippen molar-refractivity contribution in [3.63, 3.8) is 0 Å². The van der Waals surface area contributed by atoms with Crippen LogP contribution < -0.4 is 15.0 Å². The van der Waals surface area contributed by atoms with Crippen LogP contribution in [0.15, 0.2) is 36.8 Å². The second kappa shape index (κ2) is 8.09. The molecule has 3 rings (SSSR count). The molecule has 1 N–H and O–H groups in total. The summed E-state index contributed by atoms with van der Waals surface area (Å²) in [6, 6.07) is 5.21.